The van der Waals surface area contributed by atoms with Crippen molar-refractivity contribution in [1.82, 2.24) is 0 Å². The normalized spacial score (nSPS) is 45.5. The maximum absolute atomic E-state index is 14.8. The lowest BCUT2D eigenvalue weighted by Crippen LogP contribution is -2.68. The number of ketones is 2. The number of aliphatic carboxylic acids is 3. The number of carbonyl (C=O) groups is 5. The molecule has 5 aliphatic carbocycles. The van der Waals surface area contributed by atoms with Gasteiger partial charge in [0.25, 0.3) is 0 Å². The van der Waals surface area contributed by atoms with E-state index in [0.717, 1.165) is 43.7 Å². The minimum absolute atomic E-state index is 0.0217. The van der Waals surface area contributed by atoms with Crippen molar-refractivity contribution < 1.29 is 153 Å². The second-order valence-corrected chi connectivity index (χ2v) is 31.2. The van der Waals surface area contributed by atoms with Gasteiger partial charge in [0.2, 0.25) is 6.29 Å². The van der Waals surface area contributed by atoms with Crippen molar-refractivity contribution in [2.24, 2.45) is 50.2 Å². The summed E-state index contributed by atoms with van der Waals surface area (Å²) in [5.41, 5.74) is -1.46. The molecule has 562 valence electrons. The summed E-state index contributed by atoms with van der Waals surface area (Å²) in [5, 5.41) is 165. The monoisotopic (exact) mass is 1430 g/mol. The molecule has 31 nitrogen and oxygen atoms in total. The molecule has 0 aromatic heterocycles. The average molecular weight is 1430 g/mol. The van der Waals surface area contributed by atoms with Gasteiger partial charge in [0.05, 0.1) is 37.8 Å². The minimum atomic E-state index is -2.05. The van der Waals surface area contributed by atoms with Crippen LogP contribution in [0.25, 0.3) is 0 Å². The second kappa shape index (κ2) is 27.9. The fourth-order valence-electron chi connectivity index (χ4n) is 18.7. The highest BCUT2D eigenvalue weighted by atomic mass is 16.8. The summed E-state index contributed by atoms with van der Waals surface area (Å²) in [7, 11) is 1.39. The average Bonchev–Trinajstić information content (AvgIpc) is 0.671. The van der Waals surface area contributed by atoms with Crippen LogP contribution in [0.2, 0.25) is 0 Å². The molecule has 1 unspecified atom stereocenters. The molecule has 0 bridgehead atoms. The van der Waals surface area contributed by atoms with Crippen LogP contribution in [-0.2, 0) is 52.3 Å². The van der Waals surface area contributed by atoms with Gasteiger partial charge in [-0.1, -0.05) is 53.2 Å². The molecule has 4 saturated heterocycles. The Bertz CT molecular complexity index is 3490. The third kappa shape index (κ3) is 13.1. The number of Topliss-reactive ketones (excluding diaryl/α,β-unsaturated/α-hetero) is 1. The number of hydrogen-bond acceptors (Lipinski definition) is 28. The predicted octanol–water partition coefficient (Wildman–Crippen LogP) is 1.09. The predicted molar refractivity (Wildman–Crippen MR) is 340 cm³/mol. The molecule has 2 aromatic carbocycles. The Kier molecular flexibility index (Phi) is 21.1. The van der Waals surface area contributed by atoms with Gasteiger partial charge < -0.3 is 129 Å². The van der Waals surface area contributed by atoms with Crippen LogP contribution >= 0.6 is 0 Å². The molecule has 12 rings (SSSR count). The fourth-order valence-corrected chi connectivity index (χ4v) is 18.7. The Morgan fingerprint density at radius 1 is 0.614 bits per heavy atom. The van der Waals surface area contributed by atoms with Crippen LogP contribution in [0.15, 0.2) is 42.0 Å². The first kappa shape index (κ1) is 76.3. The topological polar surface area (TPSA) is 501 Å². The van der Waals surface area contributed by atoms with E-state index in [1.165, 1.54) is 32.2 Å². The van der Waals surface area contributed by atoms with E-state index in [4.69, 9.17) is 47.4 Å². The van der Waals surface area contributed by atoms with Gasteiger partial charge in [-0.25, -0.2) is 9.59 Å². The third-order valence-electron chi connectivity index (χ3n) is 24.9. The largest absolute Gasteiger partial charge is 0.507 e. The van der Waals surface area contributed by atoms with Gasteiger partial charge in [0.15, 0.2) is 60.2 Å². The Morgan fingerprint density at radius 3 is 1.82 bits per heavy atom. The maximum Gasteiger partial charge on any atom is 0.335 e. The highest BCUT2D eigenvalue weighted by Gasteiger charge is 2.71. The number of phenols is 2. The molecule has 16 N–H and O–H groups in total. The fraction of sp³-hybridized carbons (Fsp3) is 0.729. The van der Waals surface area contributed by atoms with Gasteiger partial charge in [0, 0.05) is 18.1 Å². The smallest absolute Gasteiger partial charge is 0.335 e. The lowest BCUT2D eigenvalue weighted by atomic mass is 9.33. The molecule has 31 heteroatoms. The highest BCUT2D eigenvalue weighted by molar-refractivity contribution is 6.02. The number of aromatic hydroxyl groups is 2. The SMILES string of the molecule is CC1(C)[C@@H](O[C@H]2O[C@H](C(=O)O)[C@@H](O)[C@H](O)[C@H]2O[C@@H]2O[C@H](C(=O)O)[C@@H](O)[C@H](O)[C@H]2O)CC[C@]2(C)[C@H]3C(=O)C=C4[C@@H]5C[C@@](C)(C(=O)O)CC[C@]5(C)CC[C@@]4(C)[C@]3(C)CC[C@@H]12.COc1ccc(C2CC(=O)c3c(O)cc(O[C@@H]4O[C@H](CO)[C@@H](O)[C@H](O)[C@H]4O[C@@H]4O[C@@H](C)[C@H](O)[C@@H](O)[C@H]4O)cc3O2)cc1O. The van der Waals surface area contributed by atoms with Crippen molar-refractivity contribution in [3.8, 4) is 28.7 Å². The van der Waals surface area contributed by atoms with Gasteiger partial charge in [-0.2, -0.15) is 0 Å². The molecule has 30 atom stereocenters. The van der Waals surface area contributed by atoms with E-state index in [9.17, 15) is 106 Å². The quantitative estimate of drug-likeness (QED) is 0.118. The standard InChI is InChI=1S/C42H62O16.C28H34O15/c1-37(2)21-8-11-42(7)31(20(43)16-18-19-17-39(4,36(53)54)13-12-38(19,3)14-15-41(18,42)6)40(21,5)10-9-22(37)55-35-30(26(47)25(46)29(57-35)33(51)52)58-34-27(48)23(44)24(45)28(56-34)32(49)50;1-10-21(33)23(35)25(37)27(39-10)43-26-24(36)22(34)19(9-29)42-28(26)40-12-6-14(31)20-15(32)8-17(41-18(20)7-12)11-3-4-16(38-2)13(30)5-11/h16,19,21-31,34-35,44-48H,8-15,17H2,1-7H3,(H,49,50)(H,51,52)(H,53,54);3-7,10,17,19,21-31,33-37H,8-9H2,1-2H3/t19-,21-,22-,23-,24-,25-,26-,27+,28-,29-,30+,31+,34-,35-,38+,39-,40-,41+,42+;10-,17?,19+,21-,22+,23+,24-,25+,26+,27-,28+/m00/s1. The Hall–Kier alpha value is -5.79. The molecular weight excluding hydrogens is 1340 g/mol. The lowest BCUT2D eigenvalue weighted by molar-refractivity contribution is -0.371. The number of aliphatic hydroxyl groups is 11. The molecule has 8 fully saturated rings. The molecule has 0 amide bonds. The first-order valence-electron chi connectivity index (χ1n) is 34.3. The second-order valence-electron chi connectivity index (χ2n) is 31.2. The van der Waals surface area contributed by atoms with Crippen LogP contribution in [-0.4, -0.2) is 254 Å². The van der Waals surface area contributed by atoms with E-state index in [-0.39, 0.29) is 69.3 Å². The molecular formula is C70H96O31. The summed E-state index contributed by atoms with van der Waals surface area (Å²) in [4.78, 5) is 64.3. The highest BCUT2D eigenvalue weighted by Crippen LogP contribution is 2.75. The summed E-state index contributed by atoms with van der Waals surface area (Å²) in [6, 6.07) is 6.89. The number of hydrogen-bond donors (Lipinski definition) is 16. The molecule has 2 aromatic rings. The number of carbonyl (C=O) groups excluding carboxylic acids is 2. The molecule has 4 saturated carbocycles. The summed E-state index contributed by atoms with van der Waals surface area (Å²) >= 11 is 0. The number of allylic oxidation sites excluding steroid dienone is 2. The number of rotatable bonds is 14. The van der Waals surface area contributed by atoms with Gasteiger partial charge in [0.1, 0.15) is 102 Å². The van der Waals surface area contributed by atoms with E-state index in [1.54, 1.807) is 6.07 Å². The number of phenolic OH excluding ortho intramolecular Hbond substituents is 2. The van der Waals surface area contributed by atoms with E-state index < -0.39 is 193 Å². The molecule has 0 radical (unpaired) electrons. The van der Waals surface area contributed by atoms with E-state index >= 15 is 0 Å². The number of methoxy groups -OCH3 is 1. The van der Waals surface area contributed by atoms with Crippen LogP contribution in [0.1, 0.15) is 142 Å². The Morgan fingerprint density at radius 2 is 1.21 bits per heavy atom. The van der Waals surface area contributed by atoms with Crippen LogP contribution < -0.4 is 14.2 Å². The first-order chi connectivity index (χ1) is 47.2. The van der Waals surface area contributed by atoms with Crippen LogP contribution in [0.5, 0.6) is 28.7 Å². The van der Waals surface area contributed by atoms with Crippen LogP contribution in [0, 0.1) is 50.2 Å². The van der Waals surface area contributed by atoms with Crippen molar-refractivity contribution >= 4 is 29.5 Å². The van der Waals surface area contributed by atoms with Crippen molar-refractivity contribution in [3.05, 3.63) is 53.1 Å². The molecule has 5 aliphatic heterocycles. The van der Waals surface area contributed by atoms with Gasteiger partial charge in [-0.15, -0.1) is 0 Å². The number of benzene rings is 2. The van der Waals surface area contributed by atoms with Crippen molar-refractivity contribution in [2.75, 3.05) is 13.7 Å². The zero-order chi connectivity index (χ0) is 74.0. The van der Waals surface area contributed by atoms with Crippen LogP contribution in [0.3, 0.4) is 0 Å². The molecule has 101 heavy (non-hydrogen) atoms. The van der Waals surface area contributed by atoms with E-state index in [2.05, 4.69) is 27.7 Å². The maximum atomic E-state index is 14.8. The zero-order valence-corrected chi connectivity index (χ0v) is 57.5. The van der Waals surface area contributed by atoms with E-state index in [1.807, 2.05) is 26.8 Å². The summed E-state index contributed by atoms with van der Waals surface area (Å²) in [6.07, 6.45) is -28.6. The lowest BCUT2D eigenvalue weighted by Gasteiger charge is -2.70. The zero-order valence-electron chi connectivity index (χ0n) is 57.5. The molecule has 10 aliphatic rings. The summed E-state index contributed by atoms with van der Waals surface area (Å²) in [6.45, 7) is 15.5. The number of ether oxygens (including phenoxy) is 10. The minimum Gasteiger partial charge on any atom is -0.507 e. The van der Waals surface area contributed by atoms with E-state index in [0.29, 0.717) is 31.2 Å². The Labute approximate surface area is 581 Å². The van der Waals surface area contributed by atoms with Crippen LogP contribution in [0.4, 0.5) is 0 Å². The summed E-state index contributed by atoms with van der Waals surface area (Å²) in [5.74, 6) is -5.53. The molecule has 5 heterocycles. The first-order valence-corrected chi connectivity index (χ1v) is 34.3. The van der Waals surface area contributed by atoms with Crippen molar-refractivity contribution in [3.63, 3.8) is 0 Å². The number of fused-ring (bicyclic) bond motifs is 8. The number of carboxylic acid groups (broad SMARTS) is 3. The summed E-state index contributed by atoms with van der Waals surface area (Å²) < 4.78 is 57.0. The van der Waals surface area contributed by atoms with Crippen molar-refractivity contribution in [2.45, 2.75) is 255 Å². The number of carboxylic acids is 3. The number of aliphatic hydroxyl groups excluding tert-OH is 11. The molecule has 0 spiro atoms. The van der Waals surface area contributed by atoms with Gasteiger partial charge >= 0.3 is 17.9 Å². The van der Waals surface area contributed by atoms with Gasteiger partial charge in [-0.3, -0.25) is 14.4 Å². The Balaban J connectivity index is 0.000000213. The third-order valence-corrected chi connectivity index (χ3v) is 24.9. The van der Waals surface area contributed by atoms with Gasteiger partial charge in [-0.05, 0) is 134 Å². The van der Waals surface area contributed by atoms with Crippen molar-refractivity contribution in [1.29, 1.82) is 0 Å².